The molecule has 0 atom stereocenters. The molecule has 0 radical (unpaired) electrons. The van der Waals surface area contributed by atoms with Crippen LogP contribution in [0.5, 0.6) is 17.2 Å². The topological polar surface area (TPSA) is 27.7 Å². The third kappa shape index (κ3) is 8.41. The summed E-state index contributed by atoms with van der Waals surface area (Å²) < 4.78 is 18.0. The van der Waals surface area contributed by atoms with Crippen LogP contribution in [0, 0.1) is 0 Å². The summed E-state index contributed by atoms with van der Waals surface area (Å²) in [4.78, 5) is 0. The molecule has 2 aromatic rings. The zero-order valence-electron chi connectivity index (χ0n) is 14.2. The van der Waals surface area contributed by atoms with E-state index < -0.39 is 0 Å². The maximum atomic E-state index is 6.22. The first kappa shape index (κ1) is 22.5. The highest BCUT2D eigenvalue weighted by molar-refractivity contribution is 9.10. The van der Waals surface area contributed by atoms with Crippen LogP contribution in [0.4, 0.5) is 0 Å². The molecule has 0 unspecified atom stereocenters. The van der Waals surface area contributed by atoms with Gasteiger partial charge in [-0.3, -0.25) is 0 Å². The third-order valence-electron chi connectivity index (χ3n) is 3.33. The van der Waals surface area contributed by atoms with Gasteiger partial charge in [-0.2, -0.15) is 0 Å². The van der Waals surface area contributed by atoms with Crippen LogP contribution in [-0.4, -0.2) is 19.8 Å². The fraction of sp³-hybridized carbons (Fsp3) is 0.263. The Labute approximate surface area is 187 Å². The van der Waals surface area contributed by atoms with Crippen molar-refractivity contribution < 1.29 is 14.2 Å². The van der Waals surface area contributed by atoms with E-state index in [1.54, 1.807) is 12.1 Å². The van der Waals surface area contributed by atoms with Gasteiger partial charge in [-0.05, 0) is 43.2 Å². The summed E-state index contributed by atoms with van der Waals surface area (Å²) in [6, 6.07) is 11.0. The Morgan fingerprint density at radius 3 is 2.04 bits per heavy atom. The van der Waals surface area contributed by atoms with Crippen molar-refractivity contribution in [3.63, 3.8) is 0 Å². The predicted octanol–water partition coefficient (Wildman–Crippen LogP) is 7.69. The van der Waals surface area contributed by atoms with E-state index in [-0.39, 0.29) is 11.1 Å². The molecular weight excluding hydrogens is 498 g/mol. The molecule has 2 rings (SSSR count). The van der Waals surface area contributed by atoms with Crippen LogP contribution in [0.1, 0.15) is 12.8 Å². The van der Waals surface area contributed by atoms with Gasteiger partial charge in [0.05, 0.1) is 23.3 Å². The quantitative estimate of drug-likeness (QED) is 0.304. The van der Waals surface area contributed by atoms with Crippen molar-refractivity contribution in [1.29, 1.82) is 0 Å². The van der Waals surface area contributed by atoms with Crippen molar-refractivity contribution in [2.24, 2.45) is 0 Å². The number of benzene rings is 2. The summed E-state index contributed by atoms with van der Waals surface area (Å²) >= 11 is 26.9. The molecule has 0 heterocycles. The minimum Gasteiger partial charge on any atom is -0.494 e. The number of ether oxygens (including phenoxy) is 3. The minimum absolute atomic E-state index is 0.135. The molecule has 0 amide bonds. The van der Waals surface area contributed by atoms with Crippen LogP contribution in [0.3, 0.4) is 0 Å². The minimum atomic E-state index is 0.135. The molecule has 2 aromatic carbocycles. The molecule has 0 spiro atoms. The van der Waals surface area contributed by atoms with Gasteiger partial charge in [-0.25, -0.2) is 0 Å². The number of hydrogen-bond acceptors (Lipinski definition) is 3. The highest BCUT2D eigenvalue weighted by Gasteiger charge is 2.10. The second-order valence-electron chi connectivity index (χ2n) is 5.38. The fourth-order valence-corrected chi connectivity index (χ4v) is 3.02. The lowest BCUT2D eigenvalue weighted by atomic mass is 10.3. The largest absolute Gasteiger partial charge is 0.494 e. The summed E-state index contributed by atoms with van der Waals surface area (Å²) in [6.45, 7) is 1.30. The molecule has 0 saturated carbocycles. The highest BCUT2D eigenvalue weighted by atomic mass is 79.9. The SMILES string of the molecule is ClC(Cl)=CCOc1cc(Cl)c(OCCCCOc2ccc(Br)cc2)c(Cl)c1. The Morgan fingerprint density at radius 2 is 1.44 bits per heavy atom. The van der Waals surface area contributed by atoms with E-state index in [1.807, 2.05) is 24.3 Å². The molecule has 8 heteroatoms. The van der Waals surface area contributed by atoms with E-state index in [0.717, 1.165) is 23.1 Å². The molecule has 0 aliphatic carbocycles. The number of halogens is 5. The predicted molar refractivity (Wildman–Crippen MR) is 116 cm³/mol. The standard InChI is InChI=1S/C19H17BrCl4O3/c20-13-3-5-14(6-4-13)25-8-1-2-9-27-19-16(21)11-15(12-17(19)22)26-10-7-18(23)24/h3-7,11-12H,1-2,8-10H2. The Hall–Kier alpha value is -0.780. The number of rotatable bonds is 10. The lowest BCUT2D eigenvalue weighted by Crippen LogP contribution is -2.03. The maximum absolute atomic E-state index is 6.22. The molecule has 0 N–H and O–H groups in total. The zero-order valence-corrected chi connectivity index (χ0v) is 18.8. The summed E-state index contributed by atoms with van der Waals surface area (Å²) in [5.74, 6) is 1.78. The summed E-state index contributed by atoms with van der Waals surface area (Å²) in [7, 11) is 0. The average Bonchev–Trinajstić information content (AvgIpc) is 2.61. The average molecular weight is 515 g/mol. The van der Waals surface area contributed by atoms with Gasteiger partial charge in [-0.1, -0.05) is 62.3 Å². The maximum Gasteiger partial charge on any atom is 0.156 e. The second kappa shape index (κ2) is 11.9. The smallest absolute Gasteiger partial charge is 0.156 e. The lowest BCUT2D eigenvalue weighted by molar-refractivity contribution is 0.266. The molecule has 0 fully saturated rings. The van der Waals surface area contributed by atoms with Crippen molar-refractivity contribution in [3.8, 4) is 17.2 Å². The van der Waals surface area contributed by atoms with Crippen molar-refractivity contribution >= 4 is 62.3 Å². The third-order valence-corrected chi connectivity index (χ3v) is 4.73. The van der Waals surface area contributed by atoms with Gasteiger partial charge < -0.3 is 14.2 Å². The van der Waals surface area contributed by atoms with Crippen LogP contribution in [0.25, 0.3) is 0 Å². The first-order valence-electron chi connectivity index (χ1n) is 8.10. The first-order chi connectivity index (χ1) is 13.0. The molecule has 27 heavy (non-hydrogen) atoms. The summed E-state index contributed by atoms with van der Waals surface area (Å²) in [5.41, 5.74) is 0. The van der Waals surface area contributed by atoms with Crippen molar-refractivity contribution in [2.45, 2.75) is 12.8 Å². The Bertz CT molecular complexity index is 739. The number of unbranched alkanes of at least 4 members (excludes halogenated alkanes) is 1. The van der Waals surface area contributed by atoms with Crippen LogP contribution >= 0.6 is 62.3 Å². The van der Waals surface area contributed by atoms with E-state index in [0.29, 0.717) is 34.8 Å². The van der Waals surface area contributed by atoms with Crippen LogP contribution in [0.15, 0.2) is 51.4 Å². The number of hydrogen-bond donors (Lipinski definition) is 0. The van der Waals surface area contributed by atoms with Crippen molar-refractivity contribution in [1.82, 2.24) is 0 Å². The highest BCUT2D eigenvalue weighted by Crippen LogP contribution is 2.37. The van der Waals surface area contributed by atoms with E-state index in [2.05, 4.69) is 15.9 Å². The Kier molecular flexibility index (Phi) is 9.94. The molecule has 3 nitrogen and oxygen atoms in total. The monoisotopic (exact) mass is 512 g/mol. The lowest BCUT2D eigenvalue weighted by Gasteiger charge is -2.12. The molecule has 0 saturated heterocycles. The van der Waals surface area contributed by atoms with E-state index in [9.17, 15) is 0 Å². The molecule has 0 aliphatic heterocycles. The molecule has 0 bridgehead atoms. The Morgan fingerprint density at radius 1 is 0.852 bits per heavy atom. The fourth-order valence-electron chi connectivity index (χ4n) is 2.06. The van der Waals surface area contributed by atoms with Gasteiger partial charge in [0.25, 0.3) is 0 Å². The van der Waals surface area contributed by atoms with Crippen molar-refractivity contribution in [2.75, 3.05) is 19.8 Å². The molecular formula is C19H17BrCl4O3. The van der Waals surface area contributed by atoms with E-state index in [1.165, 1.54) is 6.08 Å². The van der Waals surface area contributed by atoms with Gasteiger partial charge in [-0.15, -0.1) is 0 Å². The normalized spacial score (nSPS) is 10.4. The Balaban J connectivity index is 1.73. The molecule has 146 valence electrons. The molecule has 0 aliphatic rings. The first-order valence-corrected chi connectivity index (χ1v) is 10.4. The van der Waals surface area contributed by atoms with Gasteiger partial charge in [0.15, 0.2) is 5.75 Å². The zero-order chi connectivity index (χ0) is 19.6. The summed E-state index contributed by atoms with van der Waals surface area (Å²) in [6.07, 6.45) is 3.17. The van der Waals surface area contributed by atoms with Gasteiger partial charge in [0.2, 0.25) is 0 Å². The van der Waals surface area contributed by atoms with Gasteiger partial charge >= 0.3 is 0 Å². The van der Waals surface area contributed by atoms with Crippen LogP contribution < -0.4 is 14.2 Å². The van der Waals surface area contributed by atoms with Crippen molar-refractivity contribution in [3.05, 3.63) is 61.5 Å². The van der Waals surface area contributed by atoms with Gasteiger partial charge in [0.1, 0.15) is 22.6 Å². The summed E-state index contributed by atoms with van der Waals surface area (Å²) in [5, 5.41) is 0.758. The van der Waals surface area contributed by atoms with E-state index in [4.69, 9.17) is 60.6 Å². The second-order valence-corrected chi connectivity index (χ2v) is 8.12. The van der Waals surface area contributed by atoms with E-state index >= 15 is 0 Å². The van der Waals surface area contributed by atoms with Crippen LogP contribution in [-0.2, 0) is 0 Å². The van der Waals surface area contributed by atoms with Crippen LogP contribution in [0.2, 0.25) is 10.0 Å². The van der Waals surface area contributed by atoms with Gasteiger partial charge in [0, 0.05) is 16.6 Å². The molecule has 0 aromatic heterocycles.